The molecule has 100 valence electrons. The Morgan fingerprint density at radius 3 is 2.95 bits per heavy atom. The molecule has 0 saturated heterocycles. The molecule has 0 saturated carbocycles. The second kappa shape index (κ2) is 4.56. The zero-order valence-electron chi connectivity index (χ0n) is 11.3. The van der Waals surface area contributed by atoms with Gasteiger partial charge in [0.25, 0.3) is 0 Å². The molecule has 2 aromatic rings. The topological polar surface area (TPSA) is 28.5 Å². The van der Waals surface area contributed by atoms with Crippen LogP contribution in [0.15, 0.2) is 41.5 Å². The predicted molar refractivity (Wildman–Crippen MR) is 84.4 cm³/mol. The standard InChI is InChI=1S/C16H15N3S/c1-11-18-16-13-9-19(12-5-3-2-4-6-12)10-17-14(13)7-8-15(16)20-11/h2-6,9-10,14H,7-8H2,1H3. The Bertz CT molecular complexity index is 700. The van der Waals surface area contributed by atoms with E-state index in [0.29, 0.717) is 0 Å². The minimum absolute atomic E-state index is 0.281. The van der Waals surface area contributed by atoms with Crippen molar-refractivity contribution in [3.8, 4) is 0 Å². The van der Waals surface area contributed by atoms with Crippen LogP contribution in [0.25, 0.3) is 5.57 Å². The van der Waals surface area contributed by atoms with Crippen molar-refractivity contribution in [2.24, 2.45) is 4.99 Å². The number of aryl methyl sites for hydroxylation is 2. The maximum absolute atomic E-state index is 4.71. The van der Waals surface area contributed by atoms with Gasteiger partial charge < -0.3 is 4.90 Å². The van der Waals surface area contributed by atoms with Crippen molar-refractivity contribution in [2.45, 2.75) is 25.8 Å². The highest BCUT2D eigenvalue weighted by Crippen LogP contribution is 2.37. The molecule has 1 aliphatic carbocycles. The van der Waals surface area contributed by atoms with Crippen molar-refractivity contribution in [2.75, 3.05) is 4.90 Å². The molecule has 4 rings (SSSR count). The summed E-state index contributed by atoms with van der Waals surface area (Å²) in [6.45, 7) is 2.08. The number of nitrogens with zero attached hydrogens (tertiary/aromatic N) is 3. The summed E-state index contributed by atoms with van der Waals surface area (Å²) in [6.07, 6.45) is 6.34. The van der Waals surface area contributed by atoms with Gasteiger partial charge in [0.1, 0.15) is 0 Å². The number of aromatic nitrogens is 1. The Labute approximate surface area is 122 Å². The van der Waals surface area contributed by atoms with E-state index in [1.165, 1.54) is 16.1 Å². The summed E-state index contributed by atoms with van der Waals surface area (Å²) in [7, 11) is 0. The van der Waals surface area contributed by atoms with Crippen molar-refractivity contribution in [1.29, 1.82) is 0 Å². The molecule has 0 amide bonds. The number of aliphatic imine (C=N–C) groups is 1. The highest BCUT2D eigenvalue weighted by Gasteiger charge is 2.29. The van der Waals surface area contributed by atoms with Gasteiger partial charge in [0.15, 0.2) is 0 Å². The van der Waals surface area contributed by atoms with Crippen LogP contribution in [0.5, 0.6) is 0 Å². The molecule has 1 aromatic heterocycles. The van der Waals surface area contributed by atoms with Crippen LogP contribution >= 0.6 is 11.3 Å². The number of para-hydroxylation sites is 1. The Hall–Kier alpha value is -1.94. The number of benzene rings is 1. The molecular weight excluding hydrogens is 266 g/mol. The van der Waals surface area contributed by atoms with Gasteiger partial charge in [-0.2, -0.15) is 0 Å². The van der Waals surface area contributed by atoms with Gasteiger partial charge in [-0.25, -0.2) is 4.98 Å². The number of rotatable bonds is 1. The lowest BCUT2D eigenvalue weighted by atomic mass is 9.92. The van der Waals surface area contributed by atoms with E-state index in [1.54, 1.807) is 0 Å². The lowest BCUT2D eigenvalue weighted by molar-refractivity contribution is 0.710. The van der Waals surface area contributed by atoms with Crippen LogP contribution in [0, 0.1) is 6.92 Å². The fourth-order valence-corrected chi connectivity index (χ4v) is 3.80. The van der Waals surface area contributed by atoms with E-state index in [1.807, 2.05) is 35.9 Å². The first kappa shape index (κ1) is 11.9. The van der Waals surface area contributed by atoms with E-state index in [-0.39, 0.29) is 6.04 Å². The van der Waals surface area contributed by atoms with Gasteiger partial charge in [-0.15, -0.1) is 11.3 Å². The Kier molecular flexibility index (Phi) is 2.70. The molecule has 0 fully saturated rings. The van der Waals surface area contributed by atoms with E-state index in [0.717, 1.165) is 23.5 Å². The Balaban J connectivity index is 1.78. The molecule has 0 bridgehead atoms. The van der Waals surface area contributed by atoms with E-state index < -0.39 is 0 Å². The Morgan fingerprint density at radius 1 is 1.25 bits per heavy atom. The normalized spacial score (nSPS) is 20.4. The SMILES string of the molecule is Cc1nc2c(s1)CCC1N=CN(c3ccccc3)C=C21. The summed E-state index contributed by atoms with van der Waals surface area (Å²) >= 11 is 1.82. The molecule has 20 heavy (non-hydrogen) atoms. The summed E-state index contributed by atoms with van der Waals surface area (Å²) in [6, 6.07) is 10.6. The van der Waals surface area contributed by atoms with Gasteiger partial charge in [-0.1, -0.05) is 18.2 Å². The van der Waals surface area contributed by atoms with E-state index in [4.69, 9.17) is 9.98 Å². The lowest BCUT2D eigenvalue weighted by Gasteiger charge is -2.28. The molecule has 3 nitrogen and oxygen atoms in total. The van der Waals surface area contributed by atoms with Crippen molar-refractivity contribution >= 4 is 28.9 Å². The van der Waals surface area contributed by atoms with Crippen LogP contribution in [0.4, 0.5) is 5.69 Å². The third kappa shape index (κ3) is 1.88. The molecule has 4 heteroatoms. The van der Waals surface area contributed by atoms with Crippen LogP contribution in [0.2, 0.25) is 0 Å². The van der Waals surface area contributed by atoms with Crippen LogP contribution in [-0.2, 0) is 6.42 Å². The maximum atomic E-state index is 4.71. The van der Waals surface area contributed by atoms with Crippen LogP contribution in [0.3, 0.4) is 0 Å². The summed E-state index contributed by atoms with van der Waals surface area (Å²) in [4.78, 5) is 12.9. The molecule has 1 aliphatic heterocycles. The van der Waals surface area contributed by atoms with Crippen molar-refractivity contribution in [1.82, 2.24) is 4.98 Å². The first-order valence-corrected chi connectivity index (χ1v) is 7.68. The smallest absolute Gasteiger partial charge is 0.0943 e. The van der Waals surface area contributed by atoms with Crippen molar-refractivity contribution < 1.29 is 0 Å². The minimum Gasteiger partial charge on any atom is -0.308 e. The van der Waals surface area contributed by atoms with E-state index in [9.17, 15) is 0 Å². The van der Waals surface area contributed by atoms with Crippen molar-refractivity contribution in [3.05, 3.63) is 52.1 Å². The average Bonchev–Trinajstić information content (AvgIpc) is 2.88. The maximum Gasteiger partial charge on any atom is 0.0943 e. The molecular formula is C16H15N3S. The highest BCUT2D eigenvalue weighted by atomic mass is 32.1. The molecule has 0 spiro atoms. The fraction of sp³-hybridized carbons (Fsp3) is 0.250. The van der Waals surface area contributed by atoms with Crippen LogP contribution in [0.1, 0.15) is 22.0 Å². The number of anilines is 1. The van der Waals surface area contributed by atoms with Gasteiger partial charge in [-0.3, -0.25) is 4.99 Å². The average molecular weight is 281 g/mol. The quantitative estimate of drug-likeness (QED) is 0.798. The van der Waals surface area contributed by atoms with Crippen LogP contribution < -0.4 is 4.90 Å². The zero-order chi connectivity index (χ0) is 13.5. The van der Waals surface area contributed by atoms with Crippen molar-refractivity contribution in [3.63, 3.8) is 0 Å². The lowest BCUT2D eigenvalue weighted by Crippen LogP contribution is -2.26. The van der Waals surface area contributed by atoms with Gasteiger partial charge in [0, 0.05) is 22.3 Å². The first-order valence-electron chi connectivity index (χ1n) is 6.86. The zero-order valence-corrected chi connectivity index (χ0v) is 12.1. The molecule has 2 aliphatic rings. The van der Waals surface area contributed by atoms with E-state index >= 15 is 0 Å². The van der Waals surface area contributed by atoms with Gasteiger partial charge in [0.2, 0.25) is 0 Å². The Morgan fingerprint density at radius 2 is 2.10 bits per heavy atom. The molecule has 2 heterocycles. The number of thiazole rings is 1. The fourth-order valence-electron chi connectivity index (χ4n) is 2.82. The number of fused-ring (bicyclic) bond motifs is 3. The third-order valence-electron chi connectivity index (χ3n) is 3.79. The molecule has 1 atom stereocenters. The first-order chi connectivity index (χ1) is 9.81. The van der Waals surface area contributed by atoms with Gasteiger partial charge in [0.05, 0.1) is 23.1 Å². The largest absolute Gasteiger partial charge is 0.308 e. The van der Waals surface area contributed by atoms with E-state index in [2.05, 4.69) is 30.2 Å². The third-order valence-corrected chi connectivity index (χ3v) is 4.82. The van der Waals surface area contributed by atoms with Crippen LogP contribution in [-0.4, -0.2) is 17.4 Å². The number of hydrogen-bond acceptors (Lipinski definition) is 4. The second-order valence-corrected chi connectivity index (χ2v) is 6.44. The summed E-state index contributed by atoms with van der Waals surface area (Å²) in [5, 5.41) is 1.15. The monoisotopic (exact) mass is 281 g/mol. The molecule has 1 unspecified atom stereocenters. The van der Waals surface area contributed by atoms with Gasteiger partial charge in [-0.05, 0) is 31.9 Å². The predicted octanol–water partition coefficient (Wildman–Crippen LogP) is 3.66. The summed E-state index contributed by atoms with van der Waals surface area (Å²) in [5.41, 5.74) is 3.57. The molecule has 0 radical (unpaired) electrons. The number of hydrogen-bond donors (Lipinski definition) is 0. The van der Waals surface area contributed by atoms with Gasteiger partial charge >= 0.3 is 0 Å². The molecule has 1 aromatic carbocycles. The highest BCUT2D eigenvalue weighted by molar-refractivity contribution is 7.11. The summed E-state index contributed by atoms with van der Waals surface area (Å²) < 4.78 is 0. The second-order valence-electron chi connectivity index (χ2n) is 5.15. The molecule has 0 N–H and O–H groups in total. The summed E-state index contributed by atoms with van der Waals surface area (Å²) in [5.74, 6) is 0. The minimum atomic E-state index is 0.281.